The molecule has 1 saturated heterocycles. The molecule has 1 heterocycles. The van der Waals surface area contributed by atoms with Crippen molar-refractivity contribution < 1.29 is 14.4 Å². The summed E-state index contributed by atoms with van der Waals surface area (Å²) in [4.78, 5) is 41.9. The van der Waals surface area contributed by atoms with E-state index in [0.29, 0.717) is 43.2 Å². The summed E-state index contributed by atoms with van der Waals surface area (Å²) in [6.07, 6.45) is 0. The van der Waals surface area contributed by atoms with Gasteiger partial charge in [-0.2, -0.15) is 0 Å². The van der Waals surface area contributed by atoms with E-state index < -0.39 is 11.8 Å². The van der Waals surface area contributed by atoms with Gasteiger partial charge in [-0.3, -0.25) is 19.3 Å². The van der Waals surface area contributed by atoms with Gasteiger partial charge in [0.25, 0.3) is 0 Å². The number of hydrogen-bond donors (Lipinski definition) is 1. The lowest BCUT2D eigenvalue weighted by Gasteiger charge is -2.34. The monoisotopic (exact) mass is 366 g/mol. The fraction of sp³-hybridized carbons (Fsp3) is 0.250. The van der Waals surface area contributed by atoms with Crippen molar-refractivity contribution in [1.82, 2.24) is 9.80 Å². The molecule has 0 aliphatic carbocycles. The topological polar surface area (TPSA) is 87.0 Å². The summed E-state index contributed by atoms with van der Waals surface area (Å²) < 4.78 is 0. The standard InChI is InChI=1S/C20H22N4O3/c1-15(25)22-11-13-23(14-12-22)19(26)20(27)24(17-5-3-2-4-6-17)18-9-7-16(21)8-10-18/h2-10H,11-14,21H2,1H3. The molecule has 7 heteroatoms. The van der Waals surface area contributed by atoms with Crippen molar-refractivity contribution in [3.63, 3.8) is 0 Å². The van der Waals surface area contributed by atoms with Crippen molar-refractivity contribution in [3.8, 4) is 0 Å². The smallest absolute Gasteiger partial charge is 0.321 e. The summed E-state index contributed by atoms with van der Waals surface area (Å²) in [5.41, 5.74) is 7.49. The van der Waals surface area contributed by atoms with Crippen LogP contribution in [0, 0.1) is 0 Å². The lowest BCUT2D eigenvalue weighted by Crippen LogP contribution is -2.53. The van der Waals surface area contributed by atoms with Crippen molar-refractivity contribution in [2.45, 2.75) is 6.92 Å². The van der Waals surface area contributed by atoms with Crippen LogP contribution in [0.1, 0.15) is 6.92 Å². The van der Waals surface area contributed by atoms with Gasteiger partial charge in [0.05, 0.1) is 0 Å². The minimum atomic E-state index is -0.637. The Bertz CT molecular complexity index is 828. The summed E-state index contributed by atoms with van der Waals surface area (Å²) in [7, 11) is 0. The van der Waals surface area contributed by atoms with E-state index in [1.54, 1.807) is 41.3 Å². The number of nitrogens with two attached hydrogens (primary N) is 1. The van der Waals surface area contributed by atoms with Gasteiger partial charge in [-0.15, -0.1) is 0 Å². The van der Waals surface area contributed by atoms with Crippen LogP contribution >= 0.6 is 0 Å². The number of carbonyl (C=O) groups is 3. The van der Waals surface area contributed by atoms with Crippen molar-refractivity contribution >= 4 is 34.8 Å². The van der Waals surface area contributed by atoms with Gasteiger partial charge in [-0.05, 0) is 36.4 Å². The number of nitrogen functional groups attached to an aromatic ring is 1. The molecular weight excluding hydrogens is 344 g/mol. The Morgan fingerprint density at radius 3 is 1.89 bits per heavy atom. The lowest BCUT2D eigenvalue weighted by molar-refractivity contribution is -0.146. The molecule has 1 aliphatic rings. The molecule has 1 aliphatic heterocycles. The summed E-state index contributed by atoms with van der Waals surface area (Å²) in [6.45, 7) is 3.05. The van der Waals surface area contributed by atoms with Crippen LogP contribution in [0.3, 0.4) is 0 Å². The van der Waals surface area contributed by atoms with Crippen LogP contribution in [0.5, 0.6) is 0 Å². The molecule has 0 aromatic heterocycles. The van der Waals surface area contributed by atoms with Gasteiger partial charge in [0, 0.05) is 50.2 Å². The Balaban J connectivity index is 1.84. The molecule has 7 nitrogen and oxygen atoms in total. The number of benzene rings is 2. The average Bonchev–Trinajstić information content (AvgIpc) is 2.70. The highest BCUT2D eigenvalue weighted by Crippen LogP contribution is 2.26. The van der Waals surface area contributed by atoms with Gasteiger partial charge in [-0.25, -0.2) is 0 Å². The number of carbonyl (C=O) groups excluding carboxylic acids is 3. The normalized spacial score (nSPS) is 14.0. The predicted molar refractivity (Wildman–Crippen MR) is 103 cm³/mol. The van der Waals surface area contributed by atoms with Crippen LogP contribution in [0.25, 0.3) is 0 Å². The Labute approximate surface area is 158 Å². The van der Waals surface area contributed by atoms with Gasteiger partial charge in [-0.1, -0.05) is 18.2 Å². The van der Waals surface area contributed by atoms with Gasteiger partial charge < -0.3 is 15.5 Å². The maximum absolute atomic E-state index is 13.1. The van der Waals surface area contributed by atoms with E-state index >= 15 is 0 Å². The van der Waals surface area contributed by atoms with Crippen LogP contribution in [0.2, 0.25) is 0 Å². The first kappa shape index (κ1) is 18.4. The van der Waals surface area contributed by atoms with Crippen LogP contribution in [0.4, 0.5) is 17.1 Å². The maximum Gasteiger partial charge on any atom is 0.321 e. The van der Waals surface area contributed by atoms with E-state index in [1.165, 1.54) is 16.7 Å². The lowest BCUT2D eigenvalue weighted by atomic mass is 10.2. The fourth-order valence-corrected chi connectivity index (χ4v) is 3.04. The van der Waals surface area contributed by atoms with Gasteiger partial charge in [0.2, 0.25) is 5.91 Å². The summed E-state index contributed by atoms with van der Waals surface area (Å²) in [5, 5.41) is 0. The highest BCUT2D eigenvalue weighted by Gasteiger charge is 2.31. The molecule has 2 aromatic carbocycles. The molecule has 140 valence electrons. The quantitative estimate of drug-likeness (QED) is 0.646. The first-order valence-corrected chi connectivity index (χ1v) is 8.77. The van der Waals surface area contributed by atoms with Crippen LogP contribution < -0.4 is 10.6 Å². The second kappa shape index (κ2) is 7.90. The molecule has 1 fully saturated rings. The van der Waals surface area contributed by atoms with E-state index in [1.807, 2.05) is 18.2 Å². The zero-order valence-corrected chi connectivity index (χ0v) is 15.2. The number of hydrogen-bond acceptors (Lipinski definition) is 4. The molecular formula is C20H22N4O3. The average molecular weight is 366 g/mol. The summed E-state index contributed by atoms with van der Waals surface area (Å²) >= 11 is 0. The highest BCUT2D eigenvalue weighted by molar-refractivity contribution is 6.42. The Morgan fingerprint density at radius 2 is 1.33 bits per heavy atom. The number of amides is 3. The third-order valence-corrected chi connectivity index (χ3v) is 4.56. The van der Waals surface area contributed by atoms with Crippen LogP contribution in [0.15, 0.2) is 54.6 Å². The third kappa shape index (κ3) is 4.08. The zero-order chi connectivity index (χ0) is 19.4. The number of para-hydroxylation sites is 1. The van der Waals surface area contributed by atoms with Crippen molar-refractivity contribution in [3.05, 3.63) is 54.6 Å². The molecule has 0 radical (unpaired) electrons. The van der Waals surface area contributed by atoms with E-state index in [2.05, 4.69) is 0 Å². The van der Waals surface area contributed by atoms with Crippen molar-refractivity contribution in [2.75, 3.05) is 36.8 Å². The van der Waals surface area contributed by atoms with Crippen molar-refractivity contribution in [1.29, 1.82) is 0 Å². The molecule has 0 saturated carbocycles. The van der Waals surface area contributed by atoms with E-state index in [9.17, 15) is 14.4 Å². The Kier molecular flexibility index (Phi) is 5.40. The fourth-order valence-electron chi connectivity index (χ4n) is 3.04. The van der Waals surface area contributed by atoms with Crippen LogP contribution in [-0.2, 0) is 14.4 Å². The Morgan fingerprint density at radius 1 is 0.815 bits per heavy atom. The molecule has 27 heavy (non-hydrogen) atoms. The molecule has 0 atom stereocenters. The number of rotatable bonds is 2. The first-order chi connectivity index (χ1) is 13.0. The van der Waals surface area contributed by atoms with Crippen molar-refractivity contribution in [2.24, 2.45) is 0 Å². The second-order valence-corrected chi connectivity index (χ2v) is 6.37. The SMILES string of the molecule is CC(=O)N1CCN(C(=O)C(=O)N(c2ccccc2)c2ccc(N)cc2)CC1. The Hall–Kier alpha value is -3.35. The second-order valence-electron chi connectivity index (χ2n) is 6.37. The molecule has 2 N–H and O–H groups in total. The number of anilines is 3. The van der Waals surface area contributed by atoms with E-state index in [-0.39, 0.29) is 5.91 Å². The van der Waals surface area contributed by atoms with E-state index in [0.717, 1.165) is 0 Å². The highest BCUT2D eigenvalue weighted by atomic mass is 16.2. The first-order valence-electron chi connectivity index (χ1n) is 8.77. The summed E-state index contributed by atoms with van der Waals surface area (Å²) in [5.74, 6) is -1.25. The zero-order valence-electron chi connectivity index (χ0n) is 15.2. The number of nitrogens with zero attached hydrogens (tertiary/aromatic N) is 3. The minimum absolute atomic E-state index is 0.0267. The van der Waals surface area contributed by atoms with E-state index in [4.69, 9.17) is 5.73 Å². The predicted octanol–water partition coefficient (Wildman–Crippen LogP) is 1.62. The summed E-state index contributed by atoms with van der Waals surface area (Å²) in [6, 6.07) is 15.8. The van der Waals surface area contributed by atoms with Crippen LogP contribution in [-0.4, -0.2) is 53.7 Å². The third-order valence-electron chi connectivity index (χ3n) is 4.56. The van der Waals surface area contributed by atoms with Gasteiger partial charge in [0.15, 0.2) is 0 Å². The molecule has 0 spiro atoms. The number of piperazine rings is 1. The van der Waals surface area contributed by atoms with Gasteiger partial charge in [0.1, 0.15) is 0 Å². The molecule has 0 bridgehead atoms. The molecule has 3 rings (SSSR count). The largest absolute Gasteiger partial charge is 0.399 e. The molecule has 3 amide bonds. The maximum atomic E-state index is 13.1. The minimum Gasteiger partial charge on any atom is -0.399 e. The molecule has 2 aromatic rings. The van der Waals surface area contributed by atoms with Gasteiger partial charge >= 0.3 is 11.8 Å². The molecule has 0 unspecified atom stereocenters.